The molecule has 2 rings (SSSR count). The van der Waals surface area contributed by atoms with E-state index in [0.29, 0.717) is 19.8 Å². The number of nitrogens with zero attached hydrogens (tertiary/aromatic N) is 1. The van der Waals surface area contributed by atoms with Crippen molar-refractivity contribution in [3.05, 3.63) is 48.0 Å². The summed E-state index contributed by atoms with van der Waals surface area (Å²) >= 11 is 0. The van der Waals surface area contributed by atoms with Crippen molar-refractivity contribution in [3.8, 4) is 0 Å². The van der Waals surface area contributed by atoms with Crippen molar-refractivity contribution in [2.24, 2.45) is 0 Å². The third-order valence-electron chi connectivity index (χ3n) is 6.18. The maximum Gasteiger partial charge on any atom is 0.338 e. The molecule has 238 valence electrons. The first-order valence-electron chi connectivity index (χ1n) is 14.6. The van der Waals surface area contributed by atoms with Crippen molar-refractivity contribution >= 4 is 34.6 Å². The van der Waals surface area contributed by atoms with Crippen LogP contribution in [0.2, 0.25) is 0 Å². The third kappa shape index (κ3) is 11.8. The number of amides is 4. The number of hydrogen-bond acceptors (Lipinski definition) is 8. The van der Waals surface area contributed by atoms with Gasteiger partial charge in [0.1, 0.15) is 11.6 Å². The number of carbonyl (C=O) groups excluding carboxylic acids is 4. The Balaban J connectivity index is 2.44. The van der Waals surface area contributed by atoms with Gasteiger partial charge in [0.15, 0.2) is 12.9 Å². The molecule has 0 aliphatic heterocycles. The van der Waals surface area contributed by atoms with E-state index in [2.05, 4.69) is 16.1 Å². The maximum absolute atomic E-state index is 14.3. The van der Waals surface area contributed by atoms with Crippen LogP contribution in [0.1, 0.15) is 60.5 Å². The minimum absolute atomic E-state index is 0.147. The smallest absolute Gasteiger partial charge is 0.338 e. The van der Waals surface area contributed by atoms with Gasteiger partial charge >= 0.3 is 12.0 Å². The van der Waals surface area contributed by atoms with Crippen LogP contribution in [0.25, 0.3) is 10.8 Å². The topological polar surface area (TPSA) is 145 Å². The molecule has 12 nitrogen and oxygen atoms in total. The first-order valence-corrected chi connectivity index (χ1v) is 14.6. The maximum atomic E-state index is 14.3. The van der Waals surface area contributed by atoms with Gasteiger partial charge in [0, 0.05) is 26.3 Å². The van der Waals surface area contributed by atoms with Crippen LogP contribution in [0.5, 0.6) is 0 Å². The largest absolute Gasteiger partial charge is 0.460 e. The highest BCUT2D eigenvalue weighted by Crippen LogP contribution is 2.23. The number of ether oxygens (including phenoxy) is 3. The summed E-state index contributed by atoms with van der Waals surface area (Å²) in [7, 11) is 0. The van der Waals surface area contributed by atoms with Crippen LogP contribution in [-0.4, -0.2) is 79.1 Å². The number of nitrogens with one attached hydrogen (secondary N) is 3. The molecule has 2 unspecified atom stereocenters. The summed E-state index contributed by atoms with van der Waals surface area (Å²) in [6, 6.07) is 11.1. The van der Waals surface area contributed by atoms with Crippen molar-refractivity contribution in [2.75, 3.05) is 26.4 Å². The predicted molar refractivity (Wildman–Crippen MR) is 162 cm³/mol. The summed E-state index contributed by atoms with van der Waals surface area (Å²) in [5, 5.41) is 7.02. The quantitative estimate of drug-likeness (QED) is 0.151. The summed E-state index contributed by atoms with van der Waals surface area (Å²) in [6.07, 6.45) is -1.20. The molecule has 12 heteroatoms. The highest BCUT2D eigenvalue weighted by atomic mass is 16.7. The number of benzene rings is 2. The molecule has 4 amide bonds. The number of hydroxylamine groups is 1. The van der Waals surface area contributed by atoms with Crippen LogP contribution in [0.3, 0.4) is 0 Å². The van der Waals surface area contributed by atoms with Gasteiger partial charge in [-0.3, -0.25) is 19.2 Å². The van der Waals surface area contributed by atoms with E-state index in [9.17, 15) is 19.2 Å². The molecule has 0 aliphatic carbocycles. The Hall–Kier alpha value is -3.74. The Morgan fingerprint density at radius 3 is 2.21 bits per heavy atom. The normalized spacial score (nSPS) is 12.8. The van der Waals surface area contributed by atoms with Crippen LogP contribution < -0.4 is 16.1 Å². The molecular weight excluding hydrogens is 556 g/mol. The Morgan fingerprint density at radius 1 is 0.930 bits per heavy atom. The molecule has 0 bridgehead atoms. The molecule has 0 fully saturated rings. The average Bonchev–Trinajstić information content (AvgIpc) is 2.94. The zero-order chi connectivity index (χ0) is 32.0. The highest BCUT2D eigenvalue weighted by Gasteiger charge is 2.36. The third-order valence-corrected chi connectivity index (χ3v) is 6.18. The van der Waals surface area contributed by atoms with Crippen LogP contribution in [-0.2, 0) is 40.0 Å². The molecule has 3 N–H and O–H groups in total. The molecule has 43 heavy (non-hydrogen) atoms. The summed E-state index contributed by atoms with van der Waals surface area (Å²) < 4.78 is 17.2. The molecule has 0 saturated heterocycles. The molecule has 2 atom stereocenters. The second-order valence-corrected chi connectivity index (χ2v) is 10.8. The number of esters is 1. The molecular formula is C31H46N4O8. The molecule has 0 spiro atoms. The first kappa shape index (κ1) is 35.5. The van der Waals surface area contributed by atoms with E-state index >= 15 is 0 Å². The molecule has 0 radical (unpaired) electrons. The van der Waals surface area contributed by atoms with Gasteiger partial charge in [-0.15, -0.1) is 0 Å². The number of urea groups is 1. The fraction of sp³-hybridized carbons (Fsp3) is 0.548. The van der Waals surface area contributed by atoms with Crippen molar-refractivity contribution in [3.63, 3.8) is 0 Å². The van der Waals surface area contributed by atoms with E-state index < -0.39 is 60.8 Å². The number of fused-ring (bicyclic) bond motifs is 1. The summed E-state index contributed by atoms with van der Waals surface area (Å²) in [5.74, 6) is -1.93. The van der Waals surface area contributed by atoms with E-state index in [4.69, 9.17) is 19.0 Å². The molecule has 0 aromatic heterocycles. The van der Waals surface area contributed by atoms with Crippen molar-refractivity contribution in [1.82, 2.24) is 21.0 Å². The lowest BCUT2D eigenvalue weighted by Crippen LogP contribution is -2.55. The lowest BCUT2D eigenvalue weighted by Gasteiger charge is -2.36. The number of rotatable bonds is 16. The zero-order valence-electron chi connectivity index (χ0n) is 26.2. The van der Waals surface area contributed by atoms with Crippen LogP contribution in [0.15, 0.2) is 42.5 Å². The van der Waals surface area contributed by atoms with Crippen molar-refractivity contribution in [1.29, 1.82) is 0 Å². The van der Waals surface area contributed by atoms with E-state index in [1.165, 1.54) is 0 Å². The number of hydrogen-bond donors (Lipinski definition) is 3. The standard InChI is InChI=1S/C31H46N4O8/c1-8-32-30(39)34-42-20-26(36)33-25(18-27(37)43-31(5,6)7)28(38)35(21(4)29(40-9-2)41-10-3)19-23-16-13-15-22-14-11-12-17-24(22)23/h11-17,21,25,29H,8-10,18-20H2,1-7H3,(H,33,36)(H2,32,34,39). The van der Waals surface area contributed by atoms with Gasteiger partial charge in [-0.1, -0.05) is 42.5 Å². The van der Waals surface area contributed by atoms with Gasteiger partial charge in [0.05, 0.1) is 12.5 Å². The average molecular weight is 603 g/mol. The predicted octanol–water partition coefficient (Wildman–Crippen LogP) is 3.42. The second kappa shape index (κ2) is 17.4. The van der Waals surface area contributed by atoms with Gasteiger partial charge in [-0.25, -0.2) is 10.3 Å². The fourth-order valence-corrected chi connectivity index (χ4v) is 4.39. The minimum Gasteiger partial charge on any atom is -0.460 e. The van der Waals surface area contributed by atoms with E-state index in [1.54, 1.807) is 39.5 Å². The van der Waals surface area contributed by atoms with Crippen LogP contribution >= 0.6 is 0 Å². The van der Waals surface area contributed by atoms with Crippen LogP contribution in [0, 0.1) is 0 Å². The van der Waals surface area contributed by atoms with Gasteiger partial charge in [0.25, 0.3) is 0 Å². The summed E-state index contributed by atoms with van der Waals surface area (Å²) in [6.45, 7) is 12.9. The summed E-state index contributed by atoms with van der Waals surface area (Å²) in [5.41, 5.74) is 2.15. The van der Waals surface area contributed by atoms with Crippen molar-refractivity contribution in [2.45, 2.75) is 85.4 Å². The molecule has 0 aliphatic rings. The van der Waals surface area contributed by atoms with E-state index in [0.717, 1.165) is 16.3 Å². The summed E-state index contributed by atoms with van der Waals surface area (Å²) in [4.78, 5) is 58.2. The molecule has 0 heterocycles. The lowest BCUT2D eigenvalue weighted by molar-refractivity contribution is -0.180. The Bertz CT molecular complexity index is 1200. The number of carbonyl (C=O) groups is 4. The monoisotopic (exact) mass is 602 g/mol. The SMILES string of the molecule is CCNC(=O)NOCC(=O)NC(CC(=O)OC(C)(C)C)C(=O)N(Cc1cccc2ccccc12)C(C)C(OCC)OCC. The first-order chi connectivity index (χ1) is 20.4. The minimum atomic E-state index is -1.31. The highest BCUT2D eigenvalue weighted by molar-refractivity contribution is 5.92. The zero-order valence-corrected chi connectivity index (χ0v) is 26.2. The Labute approximate surface area is 253 Å². The lowest BCUT2D eigenvalue weighted by atomic mass is 10.0. The second-order valence-electron chi connectivity index (χ2n) is 10.8. The van der Waals surface area contributed by atoms with E-state index in [1.807, 2.05) is 56.3 Å². The Kier molecular flexibility index (Phi) is 14.3. The van der Waals surface area contributed by atoms with Gasteiger partial charge in [0.2, 0.25) is 11.8 Å². The molecule has 0 saturated carbocycles. The molecule has 2 aromatic rings. The molecule has 2 aromatic carbocycles. The Morgan fingerprint density at radius 2 is 1.58 bits per heavy atom. The van der Waals surface area contributed by atoms with E-state index in [-0.39, 0.29) is 6.54 Å². The van der Waals surface area contributed by atoms with Gasteiger partial charge < -0.3 is 29.7 Å². The van der Waals surface area contributed by atoms with Gasteiger partial charge in [-0.05, 0) is 64.8 Å². The van der Waals surface area contributed by atoms with Crippen molar-refractivity contribution < 1.29 is 38.2 Å². The van der Waals surface area contributed by atoms with Gasteiger partial charge in [-0.2, -0.15) is 0 Å². The fourth-order valence-electron chi connectivity index (χ4n) is 4.39. The van der Waals surface area contributed by atoms with Crippen LogP contribution in [0.4, 0.5) is 4.79 Å².